The SMILES string of the molecule is CCC1(c2ccc(N3CCOCC3)cc2)C=Cc2cc(C)c3ccccc3c2O1. The van der Waals surface area contributed by atoms with Gasteiger partial charge in [0.25, 0.3) is 0 Å². The molecule has 0 aromatic heterocycles. The Bertz CT molecular complexity index is 1060. The highest BCUT2D eigenvalue weighted by molar-refractivity contribution is 5.94. The predicted molar refractivity (Wildman–Crippen MR) is 120 cm³/mol. The number of nitrogens with zero attached hydrogens (tertiary/aromatic N) is 1. The predicted octanol–water partition coefficient (Wildman–Crippen LogP) is 5.70. The van der Waals surface area contributed by atoms with Crippen molar-refractivity contribution in [3.63, 3.8) is 0 Å². The Morgan fingerprint density at radius 1 is 0.966 bits per heavy atom. The molecule has 1 saturated heterocycles. The van der Waals surface area contributed by atoms with Gasteiger partial charge in [0.2, 0.25) is 0 Å². The minimum atomic E-state index is -0.436. The average Bonchev–Trinajstić information content (AvgIpc) is 2.80. The summed E-state index contributed by atoms with van der Waals surface area (Å²) < 4.78 is 12.3. The van der Waals surface area contributed by atoms with Gasteiger partial charge < -0.3 is 14.4 Å². The van der Waals surface area contributed by atoms with Crippen LogP contribution in [0.4, 0.5) is 5.69 Å². The molecule has 0 aliphatic carbocycles. The van der Waals surface area contributed by atoms with Crippen molar-refractivity contribution in [1.29, 1.82) is 0 Å². The van der Waals surface area contributed by atoms with Crippen molar-refractivity contribution >= 4 is 22.5 Å². The summed E-state index contributed by atoms with van der Waals surface area (Å²) in [5, 5.41) is 2.45. The number of ether oxygens (including phenoxy) is 2. The van der Waals surface area contributed by atoms with Crippen molar-refractivity contribution in [2.75, 3.05) is 31.2 Å². The Kier molecular flexibility index (Phi) is 4.56. The van der Waals surface area contributed by atoms with Gasteiger partial charge in [-0.25, -0.2) is 0 Å². The van der Waals surface area contributed by atoms with Gasteiger partial charge in [0.05, 0.1) is 13.2 Å². The van der Waals surface area contributed by atoms with E-state index in [0.29, 0.717) is 0 Å². The zero-order valence-electron chi connectivity index (χ0n) is 17.2. The Morgan fingerprint density at radius 2 is 1.69 bits per heavy atom. The third kappa shape index (κ3) is 3.10. The topological polar surface area (TPSA) is 21.7 Å². The Balaban J connectivity index is 1.53. The molecule has 2 heterocycles. The molecule has 2 aliphatic heterocycles. The molecule has 3 aromatic rings. The fourth-order valence-electron chi connectivity index (χ4n) is 4.56. The van der Waals surface area contributed by atoms with Gasteiger partial charge in [0.1, 0.15) is 5.75 Å². The summed E-state index contributed by atoms with van der Waals surface area (Å²) >= 11 is 0. The molecule has 0 bridgehead atoms. The first-order chi connectivity index (χ1) is 14.2. The van der Waals surface area contributed by atoms with Crippen LogP contribution in [0.25, 0.3) is 16.8 Å². The lowest BCUT2D eigenvalue weighted by molar-refractivity contribution is 0.114. The number of anilines is 1. The normalized spacial score (nSPS) is 21.1. The number of fused-ring (bicyclic) bond motifs is 3. The van der Waals surface area contributed by atoms with E-state index in [2.05, 4.69) is 85.5 Å². The number of rotatable bonds is 3. The van der Waals surface area contributed by atoms with Crippen LogP contribution in [0.15, 0.2) is 60.7 Å². The molecule has 29 heavy (non-hydrogen) atoms. The van der Waals surface area contributed by atoms with Crippen LogP contribution in [0.3, 0.4) is 0 Å². The molecule has 148 valence electrons. The van der Waals surface area contributed by atoms with Gasteiger partial charge in [0.15, 0.2) is 5.60 Å². The summed E-state index contributed by atoms with van der Waals surface area (Å²) in [4.78, 5) is 2.38. The van der Waals surface area contributed by atoms with Gasteiger partial charge >= 0.3 is 0 Å². The summed E-state index contributed by atoms with van der Waals surface area (Å²) in [5.74, 6) is 0.993. The van der Waals surface area contributed by atoms with Crippen LogP contribution in [0, 0.1) is 6.92 Å². The maximum atomic E-state index is 6.79. The number of hydrogen-bond donors (Lipinski definition) is 0. The largest absolute Gasteiger partial charge is 0.477 e. The first-order valence-corrected chi connectivity index (χ1v) is 10.5. The van der Waals surface area contributed by atoms with E-state index in [1.54, 1.807) is 0 Å². The van der Waals surface area contributed by atoms with E-state index < -0.39 is 5.60 Å². The van der Waals surface area contributed by atoms with Crippen LogP contribution in [-0.2, 0) is 10.3 Å². The minimum Gasteiger partial charge on any atom is -0.477 e. The van der Waals surface area contributed by atoms with Crippen molar-refractivity contribution in [3.8, 4) is 5.75 Å². The Labute approximate surface area is 172 Å². The van der Waals surface area contributed by atoms with Crippen molar-refractivity contribution in [3.05, 3.63) is 77.4 Å². The van der Waals surface area contributed by atoms with E-state index in [1.165, 1.54) is 27.6 Å². The third-order valence-corrected chi connectivity index (χ3v) is 6.30. The monoisotopic (exact) mass is 385 g/mol. The van der Waals surface area contributed by atoms with Crippen LogP contribution in [0.2, 0.25) is 0 Å². The quantitative estimate of drug-likeness (QED) is 0.578. The van der Waals surface area contributed by atoms with Crippen LogP contribution < -0.4 is 9.64 Å². The highest BCUT2D eigenvalue weighted by Crippen LogP contribution is 2.44. The van der Waals surface area contributed by atoms with E-state index in [-0.39, 0.29) is 0 Å². The van der Waals surface area contributed by atoms with Crippen LogP contribution in [-0.4, -0.2) is 26.3 Å². The maximum absolute atomic E-state index is 6.79. The number of aryl methyl sites for hydroxylation is 1. The first kappa shape index (κ1) is 18.3. The molecule has 3 aromatic carbocycles. The molecular formula is C26H27NO2. The molecule has 0 amide bonds. The van der Waals surface area contributed by atoms with Crippen LogP contribution in [0.1, 0.15) is 30.0 Å². The average molecular weight is 386 g/mol. The van der Waals surface area contributed by atoms with Gasteiger partial charge in [-0.15, -0.1) is 0 Å². The molecule has 3 nitrogen and oxygen atoms in total. The fraction of sp³-hybridized carbons (Fsp3) is 0.308. The summed E-state index contributed by atoms with van der Waals surface area (Å²) in [6, 6.07) is 19.7. The molecule has 0 spiro atoms. The zero-order chi connectivity index (χ0) is 19.8. The lowest BCUT2D eigenvalue weighted by atomic mass is 9.86. The van der Waals surface area contributed by atoms with E-state index in [1.807, 2.05) is 0 Å². The molecule has 0 radical (unpaired) electrons. The molecule has 2 aliphatic rings. The molecule has 3 heteroatoms. The summed E-state index contributed by atoms with van der Waals surface area (Å²) in [6.45, 7) is 7.87. The Hall–Kier alpha value is -2.78. The van der Waals surface area contributed by atoms with Gasteiger partial charge in [-0.1, -0.05) is 49.4 Å². The van der Waals surface area contributed by atoms with E-state index >= 15 is 0 Å². The molecular weight excluding hydrogens is 358 g/mol. The molecule has 0 N–H and O–H groups in total. The van der Waals surface area contributed by atoms with E-state index in [0.717, 1.165) is 44.0 Å². The van der Waals surface area contributed by atoms with Gasteiger partial charge in [0, 0.05) is 29.7 Å². The molecule has 1 atom stereocenters. The highest BCUT2D eigenvalue weighted by Gasteiger charge is 2.34. The summed E-state index contributed by atoms with van der Waals surface area (Å²) in [5.41, 5.74) is 4.46. The van der Waals surface area contributed by atoms with Crippen molar-refractivity contribution in [2.24, 2.45) is 0 Å². The number of morpholine rings is 1. The first-order valence-electron chi connectivity index (χ1n) is 10.5. The van der Waals surface area contributed by atoms with Crippen LogP contribution in [0.5, 0.6) is 5.75 Å². The fourth-order valence-corrected chi connectivity index (χ4v) is 4.56. The minimum absolute atomic E-state index is 0.436. The smallest absolute Gasteiger partial charge is 0.152 e. The van der Waals surface area contributed by atoms with E-state index in [9.17, 15) is 0 Å². The van der Waals surface area contributed by atoms with Gasteiger partial charge in [-0.2, -0.15) is 0 Å². The highest BCUT2D eigenvalue weighted by atomic mass is 16.5. The lowest BCUT2D eigenvalue weighted by Crippen LogP contribution is -2.36. The molecule has 1 fully saturated rings. The second-order valence-electron chi connectivity index (χ2n) is 7.98. The summed E-state index contributed by atoms with van der Waals surface area (Å²) in [6.07, 6.45) is 5.34. The van der Waals surface area contributed by atoms with E-state index in [4.69, 9.17) is 9.47 Å². The zero-order valence-corrected chi connectivity index (χ0v) is 17.2. The summed E-state index contributed by atoms with van der Waals surface area (Å²) in [7, 11) is 0. The third-order valence-electron chi connectivity index (χ3n) is 6.30. The molecule has 1 unspecified atom stereocenters. The Morgan fingerprint density at radius 3 is 2.41 bits per heavy atom. The molecule has 5 rings (SSSR count). The van der Waals surface area contributed by atoms with Gasteiger partial charge in [-0.05, 0) is 54.1 Å². The van der Waals surface area contributed by atoms with Crippen molar-refractivity contribution < 1.29 is 9.47 Å². The number of benzene rings is 3. The standard InChI is InChI=1S/C26H27NO2/c1-3-26(21-8-10-22(11-9-21)27-14-16-28-17-15-27)13-12-20-18-19(2)23-6-4-5-7-24(23)25(20)29-26/h4-13,18H,3,14-17H2,1-2H3. The number of hydrogen-bond acceptors (Lipinski definition) is 3. The van der Waals surface area contributed by atoms with Crippen molar-refractivity contribution in [2.45, 2.75) is 25.9 Å². The van der Waals surface area contributed by atoms with Crippen LogP contribution >= 0.6 is 0 Å². The maximum Gasteiger partial charge on any atom is 0.152 e. The lowest BCUT2D eigenvalue weighted by Gasteiger charge is -2.36. The van der Waals surface area contributed by atoms with Crippen molar-refractivity contribution in [1.82, 2.24) is 0 Å². The van der Waals surface area contributed by atoms with Gasteiger partial charge in [-0.3, -0.25) is 0 Å². The second-order valence-corrected chi connectivity index (χ2v) is 7.98. The molecule has 0 saturated carbocycles. The second kappa shape index (κ2) is 7.23.